The molecule has 0 bridgehead atoms. The number of nitriles is 1. The minimum absolute atomic E-state index is 0.363. The van der Waals surface area contributed by atoms with Gasteiger partial charge in [-0.1, -0.05) is 37.6 Å². The fourth-order valence-electron chi connectivity index (χ4n) is 4.16. The van der Waals surface area contributed by atoms with Crippen LogP contribution in [0.25, 0.3) is 33.7 Å². The molecule has 0 saturated heterocycles. The number of rotatable bonds is 7. The molecule has 2 aromatic carbocycles. The third-order valence-corrected chi connectivity index (χ3v) is 5.92. The normalized spacial score (nSPS) is 11.0. The molecule has 1 N–H and O–H groups in total. The van der Waals surface area contributed by atoms with Gasteiger partial charge in [0.25, 0.3) is 0 Å². The van der Waals surface area contributed by atoms with Crippen molar-refractivity contribution in [3.63, 3.8) is 0 Å². The van der Waals surface area contributed by atoms with Crippen molar-refractivity contribution >= 4 is 11.0 Å². The maximum absolute atomic E-state index is 11.3. The van der Waals surface area contributed by atoms with Gasteiger partial charge in [-0.05, 0) is 54.8 Å². The largest absolute Gasteiger partial charge is 0.427 e. The molecule has 0 fully saturated rings. The molecular formula is C28H24N6O. The van der Waals surface area contributed by atoms with Gasteiger partial charge in [0, 0.05) is 30.1 Å². The Balaban J connectivity index is 1.65. The molecule has 3 heterocycles. The maximum atomic E-state index is 11.3. The molecule has 0 aliphatic carbocycles. The predicted molar refractivity (Wildman–Crippen MR) is 134 cm³/mol. The standard InChI is InChI=1S/C28H24N6O/c1-2-3-8-22-9-5-10-24(32-22)28-27(21-11-12-23-25(17-21)31-14-13-30-23)33-26(34(28)35)16-19-6-4-7-20(15-19)18-29/h4-7,9-15,17,35H,2-3,8,16H2,1H3. The molecule has 0 unspecified atom stereocenters. The number of benzene rings is 2. The molecule has 5 aromatic rings. The van der Waals surface area contributed by atoms with Gasteiger partial charge in [-0.25, -0.2) is 4.98 Å². The Morgan fingerprint density at radius 3 is 2.60 bits per heavy atom. The van der Waals surface area contributed by atoms with Crippen molar-refractivity contribution < 1.29 is 5.21 Å². The molecule has 0 radical (unpaired) electrons. The summed E-state index contributed by atoms with van der Waals surface area (Å²) in [5.41, 5.74) is 6.57. The van der Waals surface area contributed by atoms with Gasteiger partial charge in [0.15, 0.2) is 0 Å². The topological polar surface area (TPSA) is 101 Å². The van der Waals surface area contributed by atoms with Gasteiger partial charge in [-0.15, -0.1) is 0 Å². The van der Waals surface area contributed by atoms with Crippen LogP contribution in [0.5, 0.6) is 0 Å². The quantitative estimate of drug-likeness (QED) is 0.317. The van der Waals surface area contributed by atoms with Crippen LogP contribution in [0.4, 0.5) is 0 Å². The van der Waals surface area contributed by atoms with Gasteiger partial charge in [-0.3, -0.25) is 15.0 Å². The Hall–Kier alpha value is -4.57. The summed E-state index contributed by atoms with van der Waals surface area (Å²) >= 11 is 0. The lowest BCUT2D eigenvalue weighted by molar-refractivity contribution is 0.181. The molecule has 3 aromatic heterocycles. The van der Waals surface area contributed by atoms with E-state index in [0.717, 1.165) is 51.8 Å². The number of fused-ring (bicyclic) bond motifs is 1. The molecule has 0 aliphatic heterocycles. The second-order valence-electron chi connectivity index (χ2n) is 8.40. The molecule has 0 atom stereocenters. The van der Waals surface area contributed by atoms with Crippen molar-refractivity contribution in [1.29, 1.82) is 5.26 Å². The first kappa shape index (κ1) is 22.2. The van der Waals surface area contributed by atoms with Gasteiger partial charge in [-0.2, -0.15) is 9.99 Å². The summed E-state index contributed by atoms with van der Waals surface area (Å²) in [7, 11) is 0. The van der Waals surface area contributed by atoms with Gasteiger partial charge in [0.05, 0.1) is 28.4 Å². The van der Waals surface area contributed by atoms with Gasteiger partial charge >= 0.3 is 0 Å². The highest BCUT2D eigenvalue weighted by Gasteiger charge is 2.22. The number of aryl methyl sites for hydroxylation is 1. The summed E-state index contributed by atoms with van der Waals surface area (Å²) in [4.78, 5) is 18.5. The van der Waals surface area contributed by atoms with Crippen LogP contribution in [-0.2, 0) is 12.8 Å². The van der Waals surface area contributed by atoms with Crippen LogP contribution in [-0.4, -0.2) is 29.9 Å². The summed E-state index contributed by atoms with van der Waals surface area (Å²) in [5, 5.41) is 20.6. The van der Waals surface area contributed by atoms with E-state index in [1.165, 1.54) is 0 Å². The predicted octanol–water partition coefficient (Wildman–Crippen LogP) is 5.60. The molecule has 35 heavy (non-hydrogen) atoms. The fourth-order valence-corrected chi connectivity index (χ4v) is 4.16. The lowest BCUT2D eigenvalue weighted by atomic mass is 10.1. The first-order valence-corrected chi connectivity index (χ1v) is 11.6. The average Bonchev–Trinajstić information content (AvgIpc) is 3.23. The second-order valence-corrected chi connectivity index (χ2v) is 8.40. The summed E-state index contributed by atoms with van der Waals surface area (Å²) in [6.07, 6.45) is 6.68. The molecule has 0 aliphatic rings. The average molecular weight is 461 g/mol. The summed E-state index contributed by atoms with van der Waals surface area (Å²) in [6, 6.07) is 21.1. The SMILES string of the molecule is CCCCc1cccc(-c2c(-c3ccc4nccnc4c3)nc(Cc3cccc(C#N)c3)n2O)n1. The minimum atomic E-state index is 0.363. The number of aromatic nitrogens is 5. The Bertz CT molecular complexity index is 1550. The Morgan fingerprint density at radius 2 is 1.77 bits per heavy atom. The third kappa shape index (κ3) is 4.59. The molecule has 0 saturated carbocycles. The van der Waals surface area contributed by atoms with E-state index in [1.54, 1.807) is 18.5 Å². The van der Waals surface area contributed by atoms with E-state index >= 15 is 0 Å². The number of hydrogen-bond acceptors (Lipinski definition) is 6. The van der Waals surface area contributed by atoms with Crippen LogP contribution < -0.4 is 0 Å². The van der Waals surface area contributed by atoms with Crippen LogP contribution in [0.15, 0.2) is 73.1 Å². The molecule has 0 spiro atoms. The highest BCUT2D eigenvalue weighted by Crippen LogP contribution is 2.33. The van der Waals surface area contributed by atoms with E-state index in [4.69, 9.17) is 9.97 Å². The molecule has 5 rings (SSSR count). The van der Waals surface area contributed by atoms with E-state index in [2.05, 4.69) is 23.0 Å². The van der Waals surface area contributed by atoms with Gasteiger partial charge < -0.3 is 5.21 Å². The van der Waals surface area contributed by atoms with Crippen molar-refractivity contribution in [2.75, 3.05) is 0 Å². The number of hydrogen-bond donors (Lipinski definition) is 1. The summed E-state index contributed by atoms with van der Waals surface area (Å²) in [6.45, 7) is 2.15. The Labute approximate surface area is 203 Å². The van der Waals surface area contributed by atoms with Crippen molar-refractivity contribution in [3.05, 3.63) is 95.7 Å². The van der Waals surface area contributed by atoms with Crippen molar-refractivity contribution in [2.45, 2.75) is 32.6 Å². The van der Waals surface area contributed by atoms with Crippen LogP contribution in [0.3, 0.4) is 0 Å². The second kappa shape index (κ2) is 9.74. The molecular weight excluding hydrogens is 436 g/mol. The Morgan fingerprint density at radius 1 is 0.943 bits per heavy atom. The maximum Gasteiger partial charge on any atom is 0.150 e. The van der Waals surface area contributed by atoms with Crippen molar-refractivity contribution in [1.82, 2.24) is 24.7 Å². The van der Waals surface area contributed by atoms with Crippen LogP contribution >= 0.6 is 0 Å². The summed E-state index contributed by atoms with van der Waals surface area (Å²) in [5.74, 6) is 0.463. The number of pyridine rings is 1. The highest BCUT2D eigenvalue weighted by atomic mass is 16.5. The van der Waals surface area contributed by atoms with E-state index in [1.807, 2.05) is 54.6 Å². The molecule has 7 nitrogen and oxygen atoms in total. The fraction of sp³-hybridized carbons (Fsp3) is 0.179. The molecule has 172 valence electrons. The number of imidazole rings is 1. The van der Waals surface area contributed by atoms with Crippen LogP contribution in [0.2, 0.25) is 0 Å². The monoisotopic (exact) mass is 460 g/mol. The van der Waals surface area contributed by atoms with E-state index in [0.29, 0.717) is 34.9 Å². The highest BCUT2D eigenvalue weighted by molar-refractivity contribution is 5.84. The Kier molecular flexibility index (Phi) is 6.18. The van der Waals surface area contributed by atoms with Crippen molar-refractivity contribution in [3.8, 4) is 28.7 Å². The third-order valence-electron chi connectivity index (χ3n) is 5.92. The summed E-state index contributed by atoms with van der Waals surface area (Å²) < 4.78 is 1.13. The zero-order valence-corrected chi connectivity index (χ0v) is 19.4. The van der Waals surface area contributed by atoms with E-state index in [-0.39, 0.29) is 0 Å². The lowest BCUT2D eigenvalue weighted by Crippen LogP contribution is -2.03. The first-order valence-electron chi connectivity index (χ1n) is 11.6. The van der Waals surface area contributed by atoms with Crippen LogP contribution in [0, 0.1) is 11.3 Å². The minimum Gasteiger partial charge on any atom is -0.427 e. The number of unbranched alkanes of at least 4 members (excludes halogenated alkanes) is 1. The molecule has 0 amide bonds. The van der Waals surface area contributed by atoms with Gasteiger partial charge in [0.2, 0.25) is 0 Å². The zero-order valence-electron chi connectivity index (χ0n) is 19.4. The first-order chi connectivity index (χ1) is 17.2. The lowest BCUT2D eigenvalue weighted by Gasteiger charge is -2.08. The van der Waals surface area contributed by atoms with Crippen LogP contribution in [0.1, 0.15) is 42.4 Å². The zero-order chi connectivity index (χ0) is 24.2. The smallest absolute Gasteiger partial charge is 0.150 e. The van der Waals surface area contributed by atoms with E-state index < -0.39 is 0 Å². The number of nitrogens with zero attached hydrogens (tertiary/aromatic N) is 6. The van der Waals surface area contributed by atoms with Gasteiger partial charge in [0.1, 0.15) is 17.2 Å². The van der Waals surface area contributed by atoms with Crippen molar-refractivity contribution in [2.24, 2.45) is 0 Å². The molecule has 7 heteroatoms. The van der Waals surface area contributed by atoms with E-state index in [9.17, 15) is 10.5 Å².